The third kappa shape index (κ3) is 3.06. The van der Waals surface area contributed by atoms with Gasteiger partial charge < -0.3 is 15.1 Å². The van der Waals surface area contributed by atoms with Crippen molar-refractivity contribution in [2.45, 2.75) is 11.1 Å². The number of aromatic hydroxyl groups is 1. The van der Waals surface area contributed by atoms with Crippen LogP contribution < -0.4 is 0 Å². The molecule has 31 heavy (non-hydrogen) atoms. The summed E-state index contributed by atoms with van der Waals surface area (Å²) in [6.07, 6.45) is -0.919. The molecule has 0 aliphatic rings. The van der Waals surface area contributed by atoms with Crippen molar-refractivity contribution in [2.24, 2.45) is 0 Å². The first-order chi connectivity index (χ1) is 14.8. The zero-order valence-electron chi connectivity index (χ0n) is 16.0. The van der Waals surface area contributed by atoms with Crippen molar-refractivity contribution in [1.29, 1.82) is 0 Å². The maximum absolute atomic E-state index is 13.2. The lowest BCUT2D eigenvalue weighted by atomic mass is 9.83. The second-order valence-corrected chi connectivity index (χ2v) is 7.98. The summed E-state index contributed by atoms with van der Waals surface area (Å²) >= 11 is 7.38. The fraction of sp³-hybridized carbons (Fsp3) is 0.0833. The van der Waals surface area contributed by atoms with E-state index in [9.17, 15) is 18.3 Å². The number of H-pyrrole nitrogens is 2. The number of fused-ring (bicyclic) bond motifs is 2. The molecular formula is C24H16ClF3N2O. The molecule has 0 aliphatic carbocycles. The van der Waals surface area contributed by atoms with Crippen LogP contribution in [0.1, 0.15) is 22.3 Å². The van der Waals surface area contributed by atoms with Crippen LogP contribution in [0.15, 0.2) is 79.1 Å². The molecule has 3 aromatic carbocycles. The number of halogens is 4. The number of phenols is 1. The third-order valence-electron chi connectivity index (χ3n) is 5.61. The van der Waals surface area contributed by atoms with E-state index in [-0.39, 0.29) is 5.75 Å². The number of nitrogens with one attached hydrogen (secondary N) is 2. The predicted molar refractivity (Wildman–Crippen MR) is 115 cm³/mol. The molecule has 2 aromatic heterocycles. The van der Waals surface area contributed by atoms with Gasteiger partial charge in [0.2, 0.25) is 0 Å². The summed E-state index contributed by atoms with van der Waals surface area (Å²) in [6, 6.07) is 17.4. The molecule has 0 amide bonds. The molecule has 2 heterocycles. The fourth-order valence-electron chi connectivity index (χ4n) is 4.10. The largest absolute Gasteiger partial charge is 0.508 e. The molecule has 1 atom stereocenters. The Morgan fingerprint density at radius 2 is 1.29 bits per heavy atom. The molecule has 0 fully saturated rings. The SMILES string of the molecule is Oc1ccc2c(C(Cl)(c3ccc(C(F)(F)F)cc3)c3c[nH]c4ccccc34)c[nH]c2c1. The van der Waals surface area contributed by atoms with Crippen LogP contribution in [0.4, 0.5) is 13.2 Å². The summed E-state index contributed by atoms with van der Waals surface area (Å²) in [5, 5.41) is 11.5. The topological polar surface area (TPSA) is 51.8 Å². The molecule has 0 radical (unpaired) electrons. The molecule has 156 valence electrons. The van der Waals surface area contributed by atoms with Gasteiger partial charge >= 0.3 is 6.18 Å². The highest BCUT2D eigenvalue weighted by molar-refractivity contribution is 6.30. The number of rotatable bonds is 3. The van der Waals surface area contributed by atoms with Crippen LogP contribution in [0, 0.1) is 0 Å². The first kappa shape index (κ1) is 19.6. The smallest absolute Gasteiger partial charge is 0.416 e. The quantitative estimate of drug-likeness (QED) is 0.262. The molecule has 0 saturated carbocycles. The Morgan fingerprint density at radius 3 is 1.97 bits per heavy atom. The van der Waals surface area contributed by atoms with Crippen LogP contribution >= 0.6 is 11.6 Å². The van der Waals surface area contributed by atoms with Crippen LogP contribution in [0.25, 0.3) is 21.8 Å². The Hall–Kier alpha value is -3.38. The van der Waals surface area contributed by atoms with Crippen LogP contribution in [0.5, 0.6) is 5.75 Å². The van der Waals surface area contributed by atoms with Crippen molar-refractivity contribution < 1.29 is 18.3 Å². The maximum Gasteiger partial charge on any atom is 0.416 e. The van der Waals surface area contributed by atoms with Gasteiger partial charge in [-0.1, -0.05) is 30.3 Å². The van der Waals surface area contributed by atoms with E-state index in [0.29, 0.717) is 16.6 Å². The molecule has 0 spiro atoms. The highest BCUT2D eigenvalue weighted by Crippen LogP contribution is 2.48. The van der Waals surface area contributed by atoms with Gasteiger partial charge in [0, 0.05) is 51.4 Å². The first-order valence-corrected chi connectivity index (χ1v) is 9.90. The van der Waals surface area contributed by atoms with Crippen molar-refractivity contribution in [3.05, 3.63) is 101 Å². The number of hydrogen-bond donors (Lipinski definition) is 3. The molecule has 5 rings (SSSR count). The molecular weight excluding hydrogens is 425 g/mol. The number of phenolic OH excluding ortho intramolecular Hbond substituents is 1. The van der Waals surface area contributed by atoms with Gasteiger partial charge in [0.1, 0.15) is 10.6 Å². The van der Waals surface area contributed by atoms with Crippen LogP contribution in [-0.4, -0.2) is 15.1 Å². The van der Waals surface area contributed by atoms with Crippen molar-refractivity contribution in [3.63, 3.8) is 0 Å². The van der Waals surface area contributed by atoms with Gasteiger partial charge in [-0.05, 0) is 35.9 Å². The lowest BCUT2D eigenvalue weighted by Gasteiger charge is -2.28. The minimum Gasteiger partial charge on any atom is -0.508 e. The van der Waals surface area contributed by atoms with Gasteiger partial charge in [-0.15, -0.1) is 11.6 Å². The maximum atomic E-state index is 13.2. The Kier molecular flexibility index (Phi) is 4.31. The molecule has 3 N–H and O–H groups in total. The van der Waals surface area contributed by atoms with Gasteiger partial charge in [0.05, 0.1) is 5.56 Å². The van der Waals surface area contributed by atoms with E-state index in [0.717, 1.165) is 34.0 Å². The fourth-order valence-corrected chi connectivity index (χ4v) is 4.54. The van der Waals surface area contributed by atoms with E-state index in [1.54, 1.807) is 30.6 Å². The van der Waals surface area contributed by atoms with Gasteiger partial charge in [-0.2, -0.15) is 13.2 Å². The van der Waals surface area contributed by atoms with E-state index in [2.05, 4.69) is 9.97 Å². The van der Waals surface area contributed by atoms with E-state index in [1.807, 2.05) is 24.3 Å². The van der Waals surface area contributed by atoms with E-state index in [4.69, 9.17) is 11.6 Å². The lowest BCUT2D eigenvalue weighted by molar-refractivity contribution is -0.137. The Bertz CT molecular complexity index is 1400. The van der Waals surface area contributed by atoms with Gasteiger partial charge in [-0.3, -0.25) is 0 Å². The Balaban J connectivity index is 1.80. The van der Waals surface area contributed by atoms with Crippen LogP contribution in [-0.2, 0) is 11.1 Å². The lowest BCUT2D eigenvalue weighted by Crippen LogP contribution is -2.22. The molecule has 5 aromatic rings. The summed E-state index contributed by atoms with van der Waals surface area (Å²) in [5.41, 5.74) is 2.70. The first-order valence-electron chi connectivity index (χ1n) is 9.52. The predicted octanol–water partition coefficient (Wildman–Crippen LogP) is 6.90. The normalized spacial score (nSPS) is 14.2. The van der Waals surface area contributed by atoms with E-state index in [1.165, 1.54) is 12.1 Å². The summed E-state index contributed by atoms with van der Waals surface area (Å²) in [4.78, 5) is 5.04. The summed E-state index contributed by atoms with van der Waals surface area (Å²) in [5.74, 6) is 0.0997. The molecule has 3 nitrogen and oxygen atoms in total. The Morgan fingerprint density at radius 1 is 0.710 bits per heavy atom. The van der Waals surface area contributed by atoms with E-state index >= 15 is 0 Å². The molecule has 1 unspecified atom stereocenters. The average molecular weight is 441 g/mol. The van der Waals surface area contributed by atoms with Gasteiger partial charge in [-0.25, -0.2) is 0 Å². The second kappa shape index (κ2) is 6.82. The second-order valence-electron chi connectivity index (χ2n) is 7.41. The Labute approximate surface area is 180 Å². The summed E-state index contributed by atoms with van der Waals surface area (Å²) in [7, 11) is 0. The number of hydrogen-bond acceptors (Lipinski definition) is 1. The van der Waals surface area contributed by atoms with Crippen molar-refractivity contribution >= 4 is 33.4 Å². The molecule has 7 heteroatoms. The highest BCUT2D eigenvalue weighted by atomic mass is 35.5. The number of benzene rings is 3. The monoisotopic (exact) mass is 440 g/mol. The summed E-state index contributed by atoms with van der Waals surface area (Å²) < 4.78 is 39.5. The van der Waals surface area contributed by atoms with Gasteiger partial charge in [0.15, 0.2) is 0 Å². The zero-order chi connectivity index (χ0) is 21.8. The average Bonchev–Trinajstić information content (AvgIpc) is 3.37. The minimum absolute atomic E-state index is 0.0997. The molecule has 0 saturated heterocycles. The minimum atomic E-state index is -4.44. The van der Waals surface area contributed by atoms with Crippen molar-refractivity contribution in [3.8, 4) is 5.75 Å². The molecule has 0 aliphatic heterocycles. The van der Waals surface area contributed by atoms with E-state index < -0.39 is 16.6 Å². The van der Waals surface area contributed by atoms with Crippen molar-refractivity contribution in [2.75, 3.05) is 0 Å². The number of aromatic amines is 2. The summed E-state index contributed by atoms with van der Waals surface area (Å²) in [6.45, 7) is 0. The van der Waals surface area contributed by atoms with Crippen LogP contribution in [0.3, 0.4) is 0 Å². The number of alkyl halides is 4. The third-order valence-corrected chi connectivity index (χ3v) is 6.23. The van der Waals surface area contributed by atoms with Crippen molar-refractivity contribution in [1.82, 2.24) is 9.97 Å². The highest BCUT2D eigenvalue weighted by Gasteiger charge is 2.39. The zero-order valence-corrected chi connectivity index (χ0v) is 16.7. The number of para-hydroxylation sites is 1. The van der Waals surface area contributed by atoms with Crippen LogP contribution in [0.2, 0.25) is 0 Å². The van der Waals surface area contributed by atoms with Gasteiger partial charge in [0.25, 0.3) is 0 Å². The standard InChI is InChI=1S/C24H16ClF3N2O/c25-23(14-5-7-15(8-6-14)24(26,27)28,19-12-29-21-4-2-1-3-17(19)21)20-13-30-22-11-16(31)9-10-18(20)22/h1-13,29-31H. The molecule has 0 bridgehead atoms. The number of aromatic nitrogens is 2.